The van der Waals surface area contributed by atoms with Crippen molar-refractivity contribution in [3.63, 3.8) is 0 Å². The summed E-state index contributed by atoms with van der Waals surface area (Å²) in [4.78, 5) is 0. The van der Waals surface area contributed by atoms with Gasteiger partial charge in [-0.15, -0.1) is 0 Å². The van der Waals surface area contributed by atoms with Crippen LogP contribution in [0, 0.1) is 0 Å². The van der Waals surface area contributed by atoms with Crippen molar-refractivity contribution < 1.29 is 0 Å². The first-order valence-electron chi connectivity index (χ1n) is 9.84. The van der Waals surface area contributed by atoms with Crippen LogP contribution in [-0.2, 0) is 0 Å². The predicted molar refractivity (Wildman–Crippen MR) is 121 cm³/mol. The van der Waals surface area contributed by atoms with Gasteiger partial charge in [0.05, 0.1) is 17.6 Å². The summed E-state index contributed by atoms with van der Waals surface area (Å²) in [5.74, 6) is 6.24. The maximum Gasteiger partial charge on any atom is 0.0935 e. The van der Waals surface area contributed by atoms with E-state index in [4.69, 9.17) is 5.84 Å². The van der Waals surface area contributed by atoms with Crippen molar-refractivity contribution in [3.05, 3.63) is 109 Å². The van der Waals surface area contributed by atoms with Crippen LogP contribution in [0.4, 0.5) is 0 Å². The number of nitrogens with two attached hydrogens (primary N) is 1. The summed E-state index contributed by atoms with van der Waals surface area (Å²) >= 11 is 0. The Morgan fingerprint density at radius 3 is 2.33 bits per heavy atom. The predicted octanol–water partition coefficient (Wildman–Crippen LogP) is 4.35. The molecule has 0 fully saturated rings. The van der Waals surface area contributed by atoms with E-state index < -0.39 is 0 Å². The molecule has 0 bridgehead atoms. The molecule has 2 aromatic heterocycles. The third kappa shape index (κ3) is 3.49. The van der Waals surface area contributed by atoms with Crippen LogP contribution in [0.2, 0.25) is 0 Å². The molecule has 0 spiro atoms. The Hall–Kier alpha value is -4.12. The Bertz CT molecular complexity index is 1240. The van der Waals surface area contributed by atoms with E-state index in [2.05, 4.69) is 45.9 Å². The van der Waals surface area contributed by atoms with E-state index in [9.17, 15) is 0 Å². The number of nitrogens with zero attached hydrogens (tertiary/aromatic N) is 3. The first-order chi connectivity index (χ1) is 14.8. The maximum absolute atomic E-state index is 6.24. The molecule has 1 aliphatic heterocycles. The van der Waals surface area contributed by atoms with Crippen LogP contribution in [0.25, 0.3) is 33.7 Å². The minimum Gasteiger partial charge on any atom is -0.386 e. The number of benzene rings is 2. The molecule has 0 aliphatic carbocycles. The van der Waals surface area contributed by atoms with Crippen molar-refractivity contribution >= 4 is 11.1 Å². The zero-order chi connectivity index (χ0) is 20.3. The van der Waals surface area contributed by atoms with Gasteiger partial charge < -0.3 is 11.2 Å². The lowest BCUT2D eigenvalue weighted by Gasteiger charge is -2.15. The molecule has 0 atom stereocenters. The Balaban J connectivity index is 1.48. The highest BCUT2D eigenvalue weighted by molar-refractivity contribution is 5.87. The highest BCUT2D eigenvalue weighted by Crippen LogP contribution is 2.29. The van der Waals surface area contributed by atoms with Gasteiger partial charge in [-0.1, -0.05) is 60.7 Å². The largest absolute Gasteiger partial charge is 0.386 e. The second kappa shape index (κ2) is 7.72. The summed E-state index contributed by atoms with van der Waals surface area (Å²) < 4.78 is 1.68. The monoisotopic (exact) mass is 391 g/mol. The van der Waals surface area contributed by atoms with Gasteiger partial charge >= 0.3 is 0 Å². The third-order valence-electron chi connectivity index (χ3n) is 5.23. The summed E-state index contributed by atoms with van der Waals surface area (Å²) in [5, 5.41) is 11.9. The average Bonchev–Trinajstić information content (AvgIpc) is 3.22. The van der Waals surface area contributed by atoms with E-state index in [1.807, 2.05) is 67.1 Å². The highest BCUT2D eigenvalue weighted by atomic mass is 15.3. The lowest BCUT2D eigenvalue weighted by atomic mass is 9.98. The second-order valence-electron chi connectivity index (χ2n) is 7.23. The van der Waals surface area contributed by atoms with E-state index in [1.54, 1.807) is 4.68 Å². The van der Waals surface area contributed by atoms with E-state index >= 15 is 0 Å². The summed E-state index contributed by atoms with van der Waals surface area (Å²) in [6.07, 6.45) is 7.98. The first kappa shape index (κ1) is 17.9. The SMILES string of the molecule is Nn1cc(C2=CNCC(c3cnnc(-c4ccccc4)c3)=C2)cc1-c1ccccc1. The molecular formula is C25H21N5. The average molecular weight is 391 g/mol. The molecule has 0 saturated carbocycles. The molecule has 2 aromatic carbocycles. The number of hydrogen-bond donors (Lipinski definition) is 2. The molecule has 5 rings (SSSR count). The van der Waals surface area contributed by atoms with Gasteiger partial charge in [0.15, 0.2) is 0 Å². The van der Waals surface area contributed by atoms with Gasteiger partial charge in [0, 0.05) is 41.2 Å². The molecule has 146 valence electrons. The van der Waals surface area contributed by atoms with Crippen LogP contribution in [0.3, 0.4) is 0 Å². The minimum absolute atomic E-state index is 0.734. The van der Waals surface area contributed by atoms with Crippen molar-refractivity contribution in [1.29, 1.82) is 0 Å². The van der Waals surface area contributed by atoms with Crippen LogP contribution in [0.1, 0.15) is 11.1 Å². The molecule has 3 heterocycles. The van der Waals surface area contributed by atoms with Crippen LogP contribution in [0.5, 0.6) is 0 Å². The van der Waals surface area contributed by atoms with Crippen molar-refractivity contribution in [3.8, 4) is 22.5 Å². The number of hydrogen-bond acceptors (Lipinski definition) is 4. The summed E-state index contributed by atoms with van der Waals surface area (Å²) in [7, 11) is 0. The summed E-state index contributed by atoms with van der Waals surface area (Å²) in [6, 6.07) is 24.5. The van der Waals surface area contributed by atoms with Crippen molar-refractivity contribution in [1.82, 2.24) is 20.2 Å². The molecule has 1 aliphatic rings. The molecule has 4 aromatic rings. The summed E-state index contributed by atoms with van der Waals surface area (Å²) in [6.45, 7) is 0.734. The number of dihydropyridines is 1. The molecule has 5 heteroatoms. The fraction of sp³-hybridized carbons (Fsp3) is 0.0400. The van der Waals surface area contributed by atoms with E-state index in [0.717, 1.165) is 51.3 Å². The Labute approximate surface area is 175 Å². The molecular weight excluding hydrogens is 370 g/mol. The minimum atomic E-state index is 0.734. The Morgan fingerprint density at radius 1 is 0.833 bits per heavy atom. The van der Waals surface area contributed by atoms with E-state index in [-0.39, 0.29) is 0 Å². The first-order valence-corrected chi connectivity index (χ1v) is 9.84. The molecule has 0 saturated heterocycles. The maximum atomic E-state index is 6.24. The number of allylic oxidation sites excluding steroid dienone is 2. The Morgan fingerprint density at radius 2 is 1.57 bits per heavy atom. The molecule has 0 unspecified atom stereocenters. The molecule has 0 amide bonds. The second-order valence-corrected chi connectivity index (χ2v) is 7.23. The van der Waals surface area contributed by atoms with Crippen molar-refractivity contribution in [2.75, 3.05) is 12.4 Å². The molecule has 0 radical (unpaired) electrons. The zero-order valence-electron chi connectivity index (χ0n) is 16.4. The molecule has 3 N–H and O–H groups in total. The van der Waals surface area contributed by atoms with Crippen molar-refractivity contribution in [2.24, 2.45) is 0 Å². The third-order valence-corrected chi connectivity index (χ3v) is 5.23. The van der Waals surface area contributed by atoms with Gasteiger partial charge in [0.25, 0.3) is 0 Å². The molecule has 5 nitrogen and oxygen atoms in total. The highest BCUT2D eigenvalue weighted by Gasteiger charge is 2.14. The van der Waals surface area contributed by atoms with Gasteiger partial charge in [-0.3, -0.25) is 4.68 Å². The van der Waals surface area contributed by atoms with Gasteiger partial charge in [-0.05, 0) is 29.4 Å². The lowest BCUT2D eigenvalue weighted by molar-refractivity contribution is 0.977. The van der Waals surface area contributed by atoms with Gasteiger partial charge in [0.2, 0.25) is 0 Å². The lowest BCUT2D eigenvalue weighted by Crippen LogP contribution is -2.14. The number of rotatable bonds is 4. The van der Waals surface area contributed by atoms with E-state index in [1.165, 1.54) is 0 Å². The van der Waals surface area contributed by atoms with E-state index in [0.29, 0.717) is 0 Å². The Kier molecular flexibility index (Phi) is 4.62. The van der Waals surface area contributed by atoms with Gasteiger partial charge in [-0.25, -0.2) is 0 Å². The van der Waals surface area contributed by atoms with Crippen molar-refractivity contribution in [2.45, 2.75) is 0 Å². The van der Waals surface area contributed by atoms with Gasteiger partial charge in [-0.2, -0.15) is 10.2 Å². The zero-order valence-corrected chi connectivity index (χ0v) is 16.4. The fourth-order valence-electron chi connectivity index (χ4n) is 3.67. The topological polar surface area (TPSA) is 68.8 Å². The number of nitrogen functional groups attached to an aromatic ring is 1. The normalized spacial score (nSPS) is 13.3. The fourth-order valence-corrected chi connectivity index (χ4v) is 3.67. The van der Waals surface area contributed by atoms with Crippen LogP contribution in [0.15, 0.2) is 97.5 Å². The van der Waals surface area contributed by atoms with Crippen LogP contribution < -0.4 is 11.2 Å². The molecule has 30 heavy (non-hydrogen) atoms. The smallest absolute Gasteiger partial charge is 0.0935 e. The quantitative estimate of drug-likeness (QED) is 0.508. The number of aromatic nitrogens is 3. The van der Waals surface area contributed by atoms with Crippen LogP contribution >= 0.6 is 0 Å². The number of nitrogens with one attached hydrogen (secondary N) is 1. The van der Waals surface area contributed by atoms with Gasteiger partial charge in [0.1, 0.15) is 0 Å². The standard InChI is InChI=1S/C25H21N5/c26-30-17-23(13-25(30)19-9-5-2-6-10-19)21-11-20(14-27-15-21)22-12-24(29-28-16-22)18-7-3-1-4-8-18/h1-13,15-17,27H,14,26H2. The van der Waals surface area contributed by atoms with Crippen LogP contribution in [-0.4, -0.2) is 21.4 Å². The summed E-state index contributed by atoms with van der Waals surface area (Å²) in [5.41, 5.74) is 8.34.